The molecule has 0 atom stereocenters. The average Bonchev–Trinajstić information content (AvgIpc) is 3.33. The lowest BCUT2D eigenvalue weighted by atomic mass is 10.1. The van der Waals surface area contributed by atoms with Crippen LogP contribution in [0.25, 0.3) is 17.1 Å². The summed E-state index contributed by atoms with van der Waals surface area (Å²) in [6.07, 6.45) is 0.335. The maximum absolute atomic E-state index is 12.6. The Kier molecular flexibility index (Phi) is 8.21. The largest absolute Gasteiger partial charge is 0.497 e. The SMILES string of the molecule is CCOc1ccc(-n2c(SCC(=O)Nc3ccc(CC#N)cc3)nnc2-c2ccc(OC)cc2)cc1. The van der Waals surface area contributed by atoms with Crippen LogP contribution in [0.4, 0.5) is 5.69 Å². The number of ether oxygens (including phenoxy) is 2. The Morgan fingerprint density at radius 3 is 2.33 bits per heavy atom. The van der Waals surface area contributed by atoms with Crippen LogP contribution in [0.1, 0.15) is 12.5 Å². The molecule has 36 heavy (non-hydrogen) atoms. The summed E-state index contributed by atoms with van der Waals surface area (Å²) >= 11 is 1.30. The first-order chi connectivity index (χ1) is 17.6. The first-order valence-electron chi connectivity index (χ1n) is 11.3. The van der Waals surface area contributed by atoms with Crippen molar-refractivity contribution in [2.45, 2.75) is 18.5 Å². The molecule has 1 heterocycles. The summed E-state index contributed by atoms with van der Waals surface area (Å²) < 4.78 is 12.8. The Morgan fingerprint density at radius 2 is 1.69 bits per heavy atom. The van der Waals surface area contributed by atoms with E-state index >= 15 is 0 Å². The second kappa shape index (κ2) is 11.9. The molecule has 0 unspecified atom stereocenters. The van der Waals surface area contributed by atoms with Gasteiger partial charge in [0.05, 0.1) is 32.0 Å². The van der Waals surface area contributed by atoms with Crippen LogP contribution in [0.2, 0.25) is 0 Å². The number of nitrogens with one attached hydrogen (secondary N) is 1. The standard InChI is InChI=1S/C27H25N5O3S/c1-3-35-24-14-10-22(11-15-24)32-26(20-6-12-23(34-2)13-7-20)30-31-27(32)36-18-25(33)29-21-8-4-19(5-9-21)16-17-28/h4-15H,3,16,18H2,1-2H3,(H,29,33). The Balaban J connectivity index is 1.56. The molecule has 4 aromatic rings. The second-order valence-electron chi connectivity index (χ2n) is 7.67. The van der Waals surface area contributed by atoms with Gasteiger partial charge in [0.1, 0.15) is 11.5 Å². The molecule has 0 bridgehead atoms. The van der Waals surface area contributed by atoms with E-state index in [1.54, 1.807) is 19.2 Å². The molecule has 0 aliphatic heterocycles. The summed E-state index contributed by atoms with van der Waals surface area (Å²) in [5.41, 5.74) is 3.30. The van der Waals surface area contributed by atoms with Gasteiger partial charge in [-0.3, -0.25) is 9.36 Å². The van der Waals surface area contributed by atoms with Gasteiger partial charge in [0.25, 0.3) is 0 Å². The lowest BCUT2D eigenvalue weighted by molar-refractivity contribution is -0.113. The third kappa shape index (κ3) is 6.03. The van der Waals surface area contributed by atoms with Gasteiger partial charge in [-0.15, -0.1) is 10.2 Å². The molecular formula is C27H25N5O3S. The van der Waals surface area contributed by atoms with E-state index in [2.05, 4.69) is 21.6 Å². The lowest BCUT2D eigenvalue weighted by Crippen LogP contribution is -2.14. The van der Waals surface area contributed by atoms with Crippen LogP contribution >= 0.6 is 11.8 Å². The minimum atomic E-state index is -0.166. The predicted molar refractivity (Wildman–Crippen MR) is 140 cm³/mol. The highest BCUT2D eigenvalue weighted by molar-refractivity contribution is 7.99. The van der Waals surface area contributed by atoms with Gasteiger partial charge >= 0.3 is 0 Å². The van der Waals surface area contributed by atoms with Gasteiger partial charge in [-0.1, -0.05) is 23.9 Å². The van der Waals surface area contributed by atoms with Crippen LogP contribution in [0.15, 0.2) is 78.0 Å². The van der Waals surface area contributed by atoms with E-state index in [-0.39, 0.29) is 11.7 Å². The van der Waals surface area contributed by atoms with Gasteiger partial charge in [-0.2, -0.15) is 5.26 Å². The summed E-state index contributed by atoms with van der Waals surface area (Å²) in [5, 5.41) is 21.1. The topological polar surface area (TPSA) is 102 Å². The molecule has 3 aromatic carbocycles. The van der Waals surface area contributed by atoms with Crippen molar-refractivity contribution in [1.29, 1.82) is 5.26 Å². The van der Waals surface area contributed by atoms with E-state index in [1.807, 2.05) is 72.2 Å². The number of anilines is 1. The number of carbonyl (C=O) groups is 1. The highest BCUT2D eigenvalue weighted by Gasteiger charge is 2.18. The maximum atomic E-state index is 12.6. The third-order valence-electron chi connectivity index (χ3n) is 5.24. The fourth-order valence-corrected chi connectivity index (χ4v) is 4.26. The molecule has 0 spiro atoms. The zero-order chi connectivity index (χ0) is 25.3. The van der Waals surface area contributed by atoms with Crippen molar-refractivity contribution < 1.29 is 14.3 Å². The first-order valence-corrected chi connectivity index (χ1v) is 12.3. The smallest absolute Gasteiger partial charge is 0.234 e. The predicted octanol–water partition coefficient (Wildman–Crippen LogP) is 5.14. The number of nitriles is 1. The summed E-state index contributed by atoms with van der Waals surface area (Å²) in [5.74, 6) is 2.16. The molecule has 0 saturated heterocycles. The zero-order valence-electron chi connectivity index (χ0n) is 20.0. The van der Waals surface area contributed by atoms with Gasteiger partial charge in [0.2, 0.25) is 5.91 Å². The number of thioether (sulfide) groups is 1. The number of amides is 1. The molecule has 182 valence electrons. The number of rotatable bonds is 10. The van der Waals surface area contributed by atoms with Crippen LogP contribution < -0.4 is 14.8 Å². The van der Waals surface area contributed by atoms with Gasteiger partial charge in [0.15, 0.2) is 11.0 Å². The van der Waals surface area contributed by atoms with Crippen molar-refractivity contribution in [1.82, 2.24) is 14.8 Å². The summed E-state index contributed by atoms with van der Waals surface area (Å²) in [7, 11) is 1.62. The Morgan fingerprint density at radius 1 is 1.00 bits per heavy atom. The molecule has 1 amide bonds. The summed E-state index contributed by atoms with van der Waals surface area (Å²) in [4.78, 5) is 12.6. The quantitative estimate of drug-likeness (QED) is 0.302. The summed E-state index contributed by atoms with van der Waals surface area (Å²) in [6.45, 7) is 2.52. The van der Waals surface area contributed by atoms with Crippen molar-refractivity contribution in [3.63, 3.8) is 0 Å². The van der Waals surface area contributed by atoms with E-state index < -0.39 is 0 Å². The van der Waals surface area contributed by atoms with Crippen LogP contribution in [0.5, 0.6) is 11.5 Å². The van der Waals surface area contributed by atoms with Crippen LogP contribution in [-0.2, 0) is 11.2 Å². The van der Waals surface area contributed by atoms with E-state index in [0.29, 0.717) is 29.7 Å². The molecule has 4 rings (SSSR count). The molecular weight excluding hydrogens is 474 g/mol. The molecule has 0 aliphatic carbocycles. The highest BCUT2D eigenvalue weighted by Crippen LogP contribution is 2.30. The van der Waals surface area contributed by atoms with E-state index in [0.717, 1.165) is 28.3 Å². The summed E-state index contributed by atoms with van der Waals surface area (Å²) in [6, 6.07) is 24.6. The molecule has 0 saturated carbocycles. The van der Waals surface area contributed by atoms with E-state index in [9.17, 15) is 4.79 Å². The molecule has 9 heteroatoms. The molecule has 1 N–H and O–H groups in total. The molecule has 0 radical (unpaired) electrons. The fraction of sp³-hybridized carbons (Fsp3) is 0.185. The highest BCUT2D eigenvalue weighted by atomic mass is 32.2. The van der Waals surface area contributed by atoms with Gasteiger partial charge in [-0.05, 0) is 73.2 Å². The number of nitrogens with zero attached hydrogens (tertiary/aromatic N) is 4. The number of carbonyl (C=O) groups excluding carboxylic acids is 1. The number of hydrogen-bond acceptors (Lipinski definition) is 7. The maximum Gasteiger partial charge on any atom is 0.234 e. The normalized spacial score (nSPS) is 10.5. The van der Waals surface area contributed by atoms with Gasteiger partial charge < -0.3 is 14.8 Å². The monoisotopic (exact) mass is 499 g/mol. The van der Waals surface area contributed by atoms with Crippen molar-refractivity contribution in [3.8, 4) is 34.6 Å². The second-order valence-corrected chi connectivity index (χ2v) is 8.61. The minimum absolute atomic E-state index is 0.151. The van der Waals surface area contributed by atoms with Crippen molar-refractivity contribution in [3.05, 3.63) is 78.4 Å². The van der Waals surface area contributed by atoms with Gasteiger partial charge in [0, 0.05) is 16.9 Å². The molecule has 0 fully saturated rings. The van der Waals surface area contributed by atoms with E-state index in [4.69, 9.17) is 14.7 Å². The van der Waals surface area contributed by atoms with E-state index in [1.165, 1.54) is 11.8 Å². The molecule has 0 aliphatic rings. The molecule has 1 aromatic heterocycles. The van der Waals surface area contributed by atoms with Crippen molar-refractivity contribution >= 4 is 23.4 Å². The Hall–Kier alpha value is -4.29. The number of hydrogen-bond donors (Lipinski definition) is 1. The minimum Gasteiger partial charge on any atom is -0.497 e. The first kappa shape index (κ1) is 24.8. The number of methoxy groups -OCH3 is 1. The Labute approximate surface area is 213 Å². The number of benzene rings is 3. The number of aromatic nitrogens is 3. The Bertz CT molecular complexity index is 1340. The zero-order valence-corrected chi connectivity index (χ0v) is 20.8. The van der Waals surface area contributed by atoms with Crippen molar-refractivity contribution in [2.24, 2.45) is 0 Å². The molecule has 8 nitrogen and oxygen atoms in total. The van der Waals surface area contributed by atoms with Crippen LogP contribution in [0, 0.1) is 11.3 Å². The third-order valence-corrected chi connectivity index (χ3v) is 6.17. The van der Waals surface area contributed by atoms with Crippen LogP contribution in [0.3, 0.4) is 0 Å². The lowest BCUT2D eigenvalue weighted by Gasteiger charge is -2.12. The fourth-order valence-electron chi connectivity index (χ4n) is 3.51. The van der Waals surface area contributed by atoms with Crippen LogP contribution in [-0.4, -0.2) is 40.1 Å². The van der Waals surface area contributed by atoms with Gasteiger partial charge in [-0.25, -0.2) is 0 Å². The average molecular weight is 500 g/mol. The van der Waals surface area contributed by atoms with Crippen molar-refractivity contribution in [2.75, 3.05) is 24.8 Å².